The van der Waals surface area contributed by atoms with Gasteiger partial charge in [-0.25, -0.2) is 8.78 Å². The molecule has 2 nitrogen and oxygen atoms in total. The minimum absolute atomic E-state index is 0.126. The Kier molecular flexibility index (Phi) is 5.14. The number of aliphatic hydroxyl groups excluding tert-OH is 1. The van der Waals surface area contributed by atoms with Gasteiger partial charge >= 0.3 is 0 Å². The summed E-state index contributed by atoms with van der Waals surface area (Å²) in [5.74, 6) is 0. The number of hydrogen-bond donors (Lipinski definition) is 2. The van der Waals surface area contributed by atoms with Crippen molar-refractivity contribution < 1.29 is 13.9 Å². The Balaban J connectivity index is 2.43. The van der Waals surface area contributed by atoms with Crippen LogP contribution in [-0.4, -0.2) is 24.6 Å². The van der Waals surface area contributed by atoms with Gasteiger partial charge in [0.15, 0.2) is 0 Å². The van der Waals surface area contributed by atoms with Gasteiger partial charge in [-0.1, -0.05) is 28.1 Å². The van der Waals surface area contributed by atoms with E-state index in [4.69, 9.17) is 0 Å². The van der Waals surface area contributed by atoms with Crippen LogP contribution in [0, 0.1) is 0 Å². The number of alkyl halides is 2. The summed E-state index contributed by atoms with van der Waals surface area (Å²) >= 11 is 3.27. The number of hydrogen-bond acceptors (Lipinski definition) is 2. The molecule has 0 aliphatic heterocycles. The standard InChI is InChI=1S/C10H12BrF2NO/c11-8-3-1-2-7(4-8)9(15)5-14-6-10(12)13/h1-4,9-10,14-15H,5-6H2. The van der Waals surface area contributed by atoms with Gasteiger partial charge in [0.1, 0.15) is 0 Å². The molecule has 1 rings (SSSR count). The molecule has 0 bridgehead atoms. The second-order valence-electron chi connectivity index (χ2n) is 3.12. The average molecular weight is 280 g/mol. The van der Waals surface area contributed by atoms with E-state index in [0.717, 1.165) is 4.47 Å². The van der Waals surface area contributed by atoms with Crippen molar-refractivity contribution in [1.82, 2.24) is 5.32 Å². The highest BCUT2D eigenvalue weighted by Crippen LogP contribution is 2.17. The zero-order chi connectivity index (χ0) is 11.3. The highest BCUT2D eigenvalue weighted by Gasteiger charge is 2.08. The molecular weight excluding hydrogens is 268 g/mol. The van der Waals surface area contributed by atoms with Gasteiger partial charge in [-0.05, 0) is 17.7 Å². The SMILES string of the molecule is OC(CNCC(F)F)c1cccc(Br)c1. The van der Waals surface area contributed by atoms with Crippen LogP contribution in [0.1, 0.15) is 11.7 Å². The molecule has 15 heavy (non-hydrogen) atoms. The van der Waals surface area contributed by atoms with E-state index < -0.39 is 19.1 Å². The van der Waals surface area contributed by atoms with E-state index in [9.17, 15) is 13.9 Å². The lowest BCUT2D eigenvalue weighted by Crippen LogP contribution is -2.26. The lowest BCUT2D eigenvalue weighted by molar-refractivity contribution is 0.129. The van der Waals surface area contributed by atoms with Gasteiger partial charge in [0.2, 0.25) is 0 Å². The lowest BCUT2D eigenvalue weighted by Gasteiger charge is -2.12. The third-order valence-electron chi connectivity index (χ3n) is 1.87. The zero-order valence-corrected chi connectivity index (χ0v) is 9.55. The molecule has 0 saturated carbocycles. The predicted molar refractivity (Wildman–Crippen MR) is 58.0 cm³/mol. The van der Waals surface area contributed by atoms with Crippen LogP contribution in [0.2, 0.25) is 0 Å². The molecule has 0 aromatic heterocycles. The molecule has 0 heterocycles. The van der Waals surface area contributed by atoms with Gasteiger partial charge in [-0.2, -0.15) is 0 Å². The summed E-state index contributed by atoms with van der Waals surface area (Å²) in [5.41, 5.74) is 0.700. The largest absolute Gasteiger partial charge is 0.387 e. The van der Waals surface area contributed by atoms with E-state index >= 15 is 0 Å². The van der Waals surface area contributed by atoms with Crippen molar-refractivity contribution in [3.8, 4) is 0 Å². The Bertz CT molecular complexity index is 309. The Hall–Kier alpha value is -0.520. The molecule has 0 aliphatic carbocycles. The summed E-state index contributed by atoms with van der Waals surface area (Å²) in [4.78, 5) is 0. The summed E-state index contributed by atoms with van der Waals surface area (Å²) in [7, 11) is 0. The van der Waals surface area contributed by atoms with Crippen molar-refractivity contribution in [2.24, 2.45) is 0 Å². The molecule has 2 N–H and O–H groups in total. The first-order chi connectivity index (χ1) is 7.09. The van der Waals surface area contributed by atoms with Crippen LogP contribution in [-0.2, 0) is 0 Å². The Morgan fingerprint density at radius 1 is 1.33 bits per heavy atom. The normalized spacial score (nSPS) is 13.1. The van der Waals surface area contributed by atoms with E-state index in [2.05, 4.69) is 21.2 Å². The van der Waals surface area contributed by atoms with Gasteiger partial charge in [-0.3, -0.25) is 0 Å². The molecule has 1 aromatic rings. The van der Waals surface area contributed by atoms with Gasteiger partial charge in [-0.15, -0.1) is 0 Å². The third kappa shape index (κ3) is 4.68. The molecule has 84 valence electrons. The van der Waals surface area contributed by atoms with Crippen LogP contribution in [0.25, 0.3) is 0 Å². The first kappa shape index (κ1) is 12.5. The summed E-state index contributed by atoms with van der Waals surface area (Å²) in [6.45, 7) is -0.272. The van der Waals surface area contributed by atoms with E-state index in [-0.39, 0.29) is 6.54 Å². The fraction of sp³-hybridized carbons (Fsp3) is 0.400. The zero-order valence-electron chi connectivity index (χ0n) is 7.96. The van der Waals surface area contributed by atoms with Gasteiger partial charge in [0.05, 0.1) is 12.6 Å². The van der Waals surface area contributed by atoms with Crippen molar-refractivity contribution in [2.75, 3.05) is 13.1 Å². The predicted octanol–water partition coefficient (Wildman–Crippen LogP) is 2.34. The Morgan fingerprint density at radius 3 is 2.67 bits per heavy atom. The highest BCUT2D eigenvalue weighted by molar-refractivity contribution is 9.10. The second kappa shape index (κ2) is 6.15. The van der Waals surface area contributed by atoms with E-state index in [1.807, 2.05) is 6.07 Å². The highest BCUT2D eigenvalue weighted by atomic mass is 79.9. The van der Waals surface area contributed by atoms with Gasteiger partial charge in [0, 0.05) is 11.0 Å². The summed E-state index contributed by atoms with van der Waals surface area (Å²) in [6.07, 6.45) is -3.15. The molecule has 0 saturated heterocycles. The quantitative estimate of drug-likeness (QED) is 0.867. The average Bonchev–Trinajstić information content (AvgIpc) is 2.17. The molecule has 1 unspecified atom stereocenters. The molecule has 0 aliphatic rings. The maximum absolute atomic E-state index is 11.8. The van der Waals surface area contributed by atoms with E-state index in [0.29, 0.717) is 5.56 Å². The van der Waals surface area contributed by atoms with Crippen LogP contribution >= 0.6 is 15.9 Å². The molecule has 0 spiro atoms. The van der Waals surface area contributed by atoms with Crippen molar-refractivity contribution in [3.63, 3.8) is 0 Å². The Morgan fingerprint density at radius 2 is 2.07 bits per heavy atom. The van der Waals surface area contributed by atoms with Crippen molar-refractivity contribution in [2.45, 2.75) is 12.5 Å². The minimum Gasteiger partial charge on any atom is -0.387 e. The summed E-state index contributed by atoms with van der Waals surface area (Å²) < 4.78 is 24.5. The van der Waals surface area contributed by atoms with Crippen molar-refractivity contribution in [3.05, 3.63) is 34.3 Å². The second-order valence-corrected chi connectivity index (χ2v) is 4.04. The number of rotatable bonds is 5. The topological polar surface area (TPSA) is 32.3 Å². The van der Waals surface area contributed by atoms with Gasteiger partial charge in [0.25, 0.3) is 6.43 Å². The molecule has 0 amide bonds. The van der Waals surface area contributed by atoms with Crippen LogP contribution in [0.4, 0.5) is 8.78 Å². The van der Waals surface area contributed by atoms with E-state index in [1.54, 1.807) is 18.2 Å². The number of benzene rings is 1. The monoisotopic (exact) mass is 279 g/mol. The van der Waals surface area contributed by atoms with Crippen LogP contribution in [0.15, 0.2) is 28.7 Å². The molecule has 0 fully saturated rings. The molecule has 1 atom stereocenters. The summed E-state index contributed by atoms with van der Waals surface area (Å²) in [6, 6.07) is 7.13. The number of aliphatic hydroxyl groups is 1. The maximum Gasteiger partial charge on any atom is 0.250 e. The molecule has 5 heteroatoms. The maximum atomic E-state index is 11.8. The van der Waals surface area contributed by atoms with Crippen LogP contribution in [0.3, 0.4) is 0 Å². The van der Waals surface area contributed by atoms with Gasteiger partial charge < -0.3 is 10.4 Å². The molecule has 0 radical (unpaired) electrons. The Labute approximate surface area is 95.4 Å². The van der Waals surface area contributed by atoms with E-state index in [1.165, 1.54) is 0 Å². The molecular formula is C10H12BrF2NO. The first-order valence-electron chi connectivity index (χ1n) is 4.52. The van der Waals surface area contributed by atoms with Crippen molar-refractivity contribution >= 4 is 15.9 Å². The fourth-order valence-corrected chi connectivity index (χ4v) is 1.58. The lowest BCUT2D eigenvalue weighted by atomic mass is 10.1. The summed E-state index contributed by atoms with van der Waals surface area (Å²) in [5, 5.41) is 12.1. The minimum atomic E-state index is -2.39. The third-order valence-corrected chi connectivity index (χ3v) is 2.36. The van der Waals surface area contributed by atoms with Crippen LogP contribution in [0.5, 0.6) is 0 Å². The first-order valence-corrected chi connectivity index (χ1v) is 5.31. The fourth-order valence-electron chi connectivity index (χ4n) is 1.16. The van der Waals surface area contributed by atoms with Crippen LogP contribution < -0.4 is 5.32 Å². The number of halogens is 3. The van der Waals surface area contributed by atoms with Crippen molar-refractivity contribution in [1.29, 1.82) is 0 Å². The number of nitrogens with one attached hydrogen (secondary N) is 1. The molecule has 1 aromatic carbocycles. The smallest absolute Gasteiger partial charge is 0.250 e.